The van der Waals surface area contributed by atoms with E-state index in [2.05, 4.69) is 5.10 Å². The minimum atomic E-state index is -0.322. The van der Waals surface area contributed by atoms with Gasteiger partial charge in [0.2, 0.25) is 0 Å². The van der Waals surface area contributed by atoms with Crippen LogP contribution in [-0.4, -0.2) is 23.4 Å². The lowest BCUT2D eigenvalue weighted by atomic mass is 10.0. The highest BCUT2D eigenvalue weighted by atomic mass is 16.5. The molecule has 0 unspecified atom stereocenters. The van der Waals surface area contributed by atoms with Crippen molar-refractivity contribution in [3.63, 3.8) is 0 Å². The zero-order valence-electron chi connectivity index (χ0n) is 19.1. The molecule has 2 N–H and O–H groups in total. The van der Waals surface area contributed by atoms with E-state index in [4.69, 9.17) is 15.3 Å². The number of rotatable bonds is 9. The van der Waals surface area contributed by atoms with Gasteiger partial charge in [0.1, 0.15) is 11.5 Å². The molecule has 0 radical (unpaired) electrons. The Morgan fingerprint density at radius 1 is 0.941 bits per heavy atom. The lowest BCUT2D eigenvalue weighted by Crippen LogP contribution is -2.06. The number of hydrazone groups is 1. The summed E-state index contributed by atoms with van der Waals surface area (Å²) in [6, 6.07) is 25.5. The number of aromatic nitrogens is 1. The molecule has 6 nitrogen and oxygen atoms in total. The minimum Gasteiger partial charge on any atom is -0.462 e. The lowest BCUT2D eigenvalue weighted by Gasteiger charge is -2.08. The highest BCUT2D eigenvalue weighted by molar-refractivity contribution is 5.91. The van der Waals surface area contributed by atoms with Crippen LogP contribution in [0.5, 0.6) is 11.5 Å². The normalized spacial score (nSPS) is 11.0. The summed E-state index contributed by atoms with van der Waals surface area (Å²) in [4.78, 5) is 12.7. The highest BCUT2D eigenvalue weighted by Crippen LogP contribution is 2.23. The quantitative estimate of drug-likeness (QED) is 0.160. The third-order valence-corrected chi connectivity index (χ3v) is 5.27. The first kappa shape index (κ1) is 22.9. The van der Waals surface area contributed by atoms with Crippen molar-refractivity contribution in [1.29, 1.82) is 0 Å². The van der Waals surface area contributed by atoms with Gasteiger partial charge in [0.25, 0.3) is 0 Å². The smallest absolute Gasteiger partial charge is 0.339 e. The number of nitrogens with zero attached hydrogens (tertiary/aromatic N) is 2. The van der Waals surface area contributed by atoms with Crippen molar-refractivity contribution in [3.8, 4) is 11.5 Å². The van der Waals surface area contributed by atoms with Crippen LogP contribution < -0.4 is 10.6 Å². The van der Waals surface area contributed by atoms with Crippen LogP contribution in [0.15, 0.2) is 96.4 Å². The van der Waals surface area contributed by atoms with Crippen molar-refractivity contribution in [2.75, 3.05) is 6.61 Å². The fourth-order valence-electron chi connectivity index (χ4n) is 3.81. The molecule has 1 heterocycles. The first-order valence-corrected chi connectivity index (χ1v) is 11.1. The second-order valence-electron chi connectivity index (χ2n) is 7.85. The molecule has 0 aliphatic heterocycles. The molecule has 0 aliphatic rings. The van der Waals surface area contributed by atoms with Gasteiger partial charge in [-0.1, -0.05) is 48.5 Å². The Kier molecular flexibility index (Phi) is 7.40. The van der Waals surface area contributed by atoms with Gasteiger partial charge < -0.3 is 19.9 Å². The maximum absolute atomic E-state index is 12.7. The first-order chi connectivity index (χ1) is 16.6. The van der Waals surface area contributed by atoms with Crippen LogP contribution in [-0.2, 0) is 17.7 Å². The summed E-state index contributed by atoms with van der Waals surface area (Å²) in [6.07, 6.45) is 6.04. The summed E-state index contributed by atoms with van der Waals surface area (Å²) in [5.74, 6) is 6.51. The fourth-order valence-corrected chi connectivity index (χ4v) is 3.81. The van der Waals surface area contributed by atoms with Crippen LogP contribution in [0.1, 0.15) is 39.5 Å². The van der Waals surface area contributed by atoms with E-state index < -0.39 is 0 Å². The Bertz CT molecular complexity index is 1280. The molecular formula is C28H27N3O3. The van der Waals surface area contributed by atoms with E-state index in [9.17, 15) is 4.79 Å². The van der Waals surface area contributed by atoms with Crippen molar-refractivity contribution in [1.82, 2.24) is 4.57 Å². The molecular weight excluding hydrogens is 426 g/mol. The molecule has 4 rings (SSSR count). The molecule has 0 aliphatic carbocycles. The predicted octanol–water partition coefficient (Wildman–Crippen LogP) is 5.39. The molecule has 172 valence electrons. The number of carbonyl (C=O) groups is 1. The van der Waals surface area contributed by atoms with Crippen molar-refractivity contribution >= 4 is 12.2 Å². The van der Waals surface area contributed by atoms with Gasteiger partial charge in [-0.15, -0.1) is 0 Å². The minimum absolute atomic E-state index is 0.322. The highest BCUT2D eigenvalue weighted by Gasteiger charge is 2.16. The Balaban J connectivity index is 1.57. The van der Waals surface area contributed by atoms with Gasteiger partial charge in [0, 0.05) is 18.9 Å². The van der Waals surface area contributed by atoms with E-state index in [-0.39, 0.29) is 5.97 Å². The molecule has 3 aromatic carbocycles. The molecule has 0 atom stereocenters. The van der Waals surface area contributed by atoms with Gasteiger partial charge in [-0.05, 0) is 65.9 Å². The molecule has 4 aromatic rings. The molecule has 34 heavy (non-hydrogen) atoms. The Morgan fingerprint density at radius 3 is 2.50 bits per heavy atom. The van der Waals surface area contributed by atoms with Gasteiger partial charge in [0.15, 0.2) is 0 Å². The topological polar surface area (TPSA) is 78.8 Å². The van der Waals surface area contributed by atoms with Crippen molar-refractivity contribution in [2.24, 2.45) is 10.9 Å². The van der Waals surface area contributed by atoms with Gasteiger partial charge in [0.05, 0.1) is 18.4 Å². The van der Waals surface area contributed by atoms with Crippen LogP contribution in [0.4, 0.5) is 0 Å². The molecule has 0 spiro atoms. The number of hydrogen-bond donors (Lipinski definition) is 1. The largest absolute Gasteiger partial charge is 0.462 e. The summed E-state index contributed by atoms with van der Waals surface area (Å²) in [5.41, 5.74) is 4.49. The van der Waals surface area contributed by atoms with Crippen LogP contribution in [0, 0.1) is 0 Å². The van der Waals surface area contributed by atoms with Crippen LogP contribution in [0.25, 0.3) is 0 Å². The fraction of sp³-hybridized carbons (Fsp3) is 0.143. The molecule has 0 saturated heterocycles. The molecule has 0 saturated carbocycles. The van der Waals surface area contributed by atoms with Gasteiger partial charge in [-0.2, -0.15) is 5.10 Å². The number of benzene rings is 3. The Hall–Kier alpha value is -4.32. The van der Waals surface area contributed by atoms with E-state index >= 15 is 0 Å². The Morgan fingerprint density at radius 2 is 1.71 bits per heavy atom. The van der Waals surface area contributed by atoms with E-state index in [0.29, 0.717) is 25.1 Å². The summed E-state index contributed by atoms with van der Waals surface area (Å²) in [7, 11) is 0. The predicted molar refractivity (Wildman–Crippen MR) is 133 cm³/mol. The number of esters is 1. The van der Waals surface area contributed by atoms with E-state index in [1.807, 2.05) is 103 Å². The molecule has 0 fully saturated rings. The number of para-hydroxylation sites is 1. The maximum atomic E-state index is 12.7. The molecule has 0 amide bonds. The van der Waals surface area contributed by atoms with Gasteiger partial charge in [-0.25, -0.2) is 4.79 Å². The second kappa shape index (κ2) is 11.0. The average Bonchev–Trinajstić information content (AvgIpc) is 3.22. The van der Waals surface area contributed by atoms with Gasteiger partial charge >= 0.3 is 5.97 Å². The number of nitrogens with two attached hydrogens (primary N) is 1. The third-order valence-electron chi connectivity index (χ3n) is 5.27. The summed E-state index contributed by atoms with van der Waals surface area (Å²) in [6.45, 7) is 2.73. The maximum Gasteiger partial charge on any atom is 0.339 e. The van der Waals surface area contributed by atoms with Crippen molar-refractivity contribution < 1.29 is 14.3 Å². The SMILES string of the molecule is CCOC(=O)c1cn(Cc2cccc(Oc3ccccc3)c2)cc1Cc1cccc(C=NN)c1. The molecule has 1 aromatic heterocycles. The molecule has 6 heteroatoms. The monoisotopic (exact) mass is 453 g/mol. The summed E-state index contributed by atoms with van der Waals surface area (Å²) >= 11 is 0. The number of ether oxygens (including phenoxy) is 2. The lowest BCUT2D eigenvalue weighted by molar-refractivity contribution is 0.0525. The number of carbonyl (C=O) groups excluding carboxylic acids is 1. The molecule has 0 bridgehead atoms. The van der Waals surface area contributed by atoms with Crippen molar-refractivity contribution in [3.05, 3.63) is 119 Å². The first-order valence-electron chi connectivity index (χ1n) is 11.1. The van der Waals surface area contributed by atoms with E-state index in [1.54, 1.807) is 6.21 Å². The Labute approximate surface area is 199 Å². The summed E-state index contributed by atoms with van der Waals surface area (Å²) < 4.78 is 13.3. The van der Waals surface area contributed by atoms with E-state index in [0.717, 1.165) is 33.8 Å². The third kappa shape index (κ3) is 5.92. The average molecular weight is 454 g/mol. The summed E-state index contributed by atoms with van der Waals surface area (Å²) in [5, 5.41) is 3.60. The van der Waals surface area contributed by atoms with Crippen molar-refractivity contribution in [2.45, 2.75) is 19.9 Å². The number of hydrogen-bond acceptors (Lipinski definition) is 5. The zero-order valence-corrected chi connectivity index (χ0v) is 19.1. The standard InChI is InChI=1S/C28H27N3O3/c1-2-33-28(32)27-20-31(19-24(27)15-21-8-6-9-22(14-21)17-30-29)18-23-10-7-13-26(16-23)34-25-11-4-3-5-12-25/h3-14,16-17,19-20H,2,15,18,29H2,1H3. The van der Waals surface area contributed by atoms with Gasteiger partial charge in [-0.3, -0.25) is 0 Å². The zero-order chi connectivity index (χ0) is 23.8. The van der Waals surface area contributed by atoms with Crippen LogP contribution >= 0.6 is 0 Å². The van der Waals surface area contributed by atoms with Crippen LogP contribution in [0.3, 0.4) is 0 Å². The van der Waals surface area contributed by atoms with Crippen LogP contribution in [0.2, 0.25) is 0 Å². The second-order valence-corrected chi connectivity index (χ2v) is 7.85. The van der Waals surface area contributed by atoms with E-state index in [1.165, 1.54) is 0 Å².